The summed E-state index contributed by atoms with van der Waals surface area (Å²) < 4.78 is 0. The van der Waals surface area contributed by atoms with Crippen LogP contribution in [0.1, 0.15) is 22.0 Å². The number of carbonyl (C=O) groups is 1. The SMILES string of the molecule is O=C(NC(CCl)c1ccccc1)c1ccsc1. The molecule has 4 heteroatoms. The number of rotatable bonds is 4. The molecule has 1 aromatic heterocycles. The predicted octanol–water partition coefficient (Wildman–Crippen LogP) is 3.46. The Balaban J connectivity index is 2.09. The van der Waals surface area contributed by atoms with Gasteiger partial charge in [-0.25, -0.2) is 0 Å². The number of nitrogens with one attached hydrogen (secondary N) is 1. The molecule has 1 N–H and O–H groups in total. The summed E-state index contributed by atoms with van der Waals surface area (Å²) in [5, 5.41) is 6.63. The first-order chi connectivity index (χ1) is 8.31. The molecule has 1 amide bonds. The molecule has 0 bridgehead atoms. The Morgan fingerprint density at radius 2 is 2.06 bits per heavy atom. The Kier molecular flexibility index (Phi) is 4.18. The summed E-state index contributed by atoms with van der Waals surface area (Å²) in [6, 6.07) is 11.4. The molecule has 88 valence electrons. The van der Waals surface area contributed by atoms with Gasteiger partial charge in [0, 0.05) is 11.3 Å². The number of halogens is 1. The van der Waals surface area contributed by atoms with Crippen LogP contribution in [0.25, 0.3) is 0 Å². The van der Waals surface area contributed by atoms with Gasteiger partial charge in [-0.2, -0.15) is 11.3 Å². The molecular formula is C13H12ClNOS. The van der Waals surface area contributed by atoms with E-state index in [-0.39, 0.29) is 11.9 Å². The van der Waals surface area contributed by atoms with Gasteiger partial charge in [0.15, 0.2) is 0 Å². The van der Waals surface area contributed by atoms with Crippen LogP contribution in [-0.4, -0.2) is 11.8 Å². The van der Waals surface area contributed by atoms with Gasteiger partial charge >= 0.3 is 0 Å². The highest BCUT2D eigenvalue weighted by Gasteiger charge is 2.14. The second-order valence-corrected chi connectivity index (χ2v) is 4.69. The van der Waals surface area contributed by atoms with Crippen LogP contribution in [0.4, 0.5) is 0 Å². The minimum Gasteiger partial charge on any atom is -0.344 e. The molecule has 2 nitrogen and oxygen atoms in total. The standard InChI is InChI=1S/C13H12ClNOS/c14-8-12(10-4-2-1-3-5-10)15-13(16)11-6-7-17-9-11/h1-7,9,12H,8H2,(H,15,16). The molecule has 1 unspecified atom stereocenters. The molecule has 17 heavy (non-hydrogen) atoms. The fourth-order valence-electron chi connectivity index (χ4n) is 1.53. The smallest absolute Gasteiger partial charge is 0.252 e. The van der Waals surface area contributed by atoms with Crippen molar-refractivity contribution >= 4 is 28.8 Å². The van der Waals surface area contributed by atoms with E-state index in [0.717, 1.165) is 5.56 Å². The zero-order valence-corrected chi connectivity index (χ0v) is 10.7. The molecule has 0 aliphatic carbocycles. The molecular weight excluding hydrogens is 254 g/mol. The number of hydrogen-bond acceptors (Lipinski definition) is 2. The van der Waals surface area contributed by atoms with Crippen molar-refractivity contribution in [3.8, 4) is 0 Å². The predicted molar refractivity (Wildman–Crippen MR) is 71.7 cm³/mol. The lowest BCUT2D eigenvalue weighted by Crippen LogP contribution is -2.29. The number of hydrogen-bond donors (Lipinski definition) is 1. The van der Waals surface area contributed by atoms with Gasteiger partial charge < -0.3 is 5.32 Å². The molecule has 1 atom stereocenters. The van der Waals surface area contributed by atoms with Crippen molar-refractivity contribution in [1.29, 1.82) is 0 Å². The Morgan fingerprint density at radius 3 is 2.65 bits per heavy atom. The topological polar surface area (TPSA) is 29.1 Å². The lowest BCUT2D eigenvalue weighted by Gasteiger charge is -2.15. The zero-order valence-electron chi connectivity index (χ0n) is 9.10. The Labute approximate surface area is 109 Å². The molecule has 0 saturated carbocycles. The van der Waals surface area contributed by atoms with Crippen molar-refractivity contribution in [3.63, 3.8) is 0 Å². The molecule has 2 rings (SSSR count). The monoisotopic (exact) mass is 265 g/mol. The minimum absolute atomic E-state index is 0.0826. The molecule has 0 fully saturated rings. The zero-order chi connectivity index (χ0) is 12.1. The van der Waals surface area contributed by atoms with Gasteiger partial charge in [0.2, 0.25) is 0 Å². The first-order valence-corrected chi connectivity index (χ1v) is 6.73. The van der Waals surface area contributed by atoms with Crippen LogP contribution in [0.3, 0.4) is 0 Å². The summed E-state index contributed by atoms with van der Waals surface area (Å²) in [6.45, 7) is 0. The van der Waals surface area contributed by atoms with E-state index in [1.807, 2.05) is 41.1 Å². The summed E-state index contributed by atoms with van der Waals surface area (Å²) >= 11 is 7.40. The highest BCUT2D eigenvalue weighted by Crippen LogP contribution is 2.15. The van der Waals surface area contributed by atoms with Crippen LogP contribution in [-0.2, 0) is 0 Å². The van der Waals surface area contributed by atoms with Crippen LogP contribution in [0.15, 0.2) is 47.2 Å². The van der Waals surface area contributed by atoms with Crippen molar-refractivity contribution in [2.45, 2.75) is 6.04 Å². The number of amides is 1. The third-order valence-electron chi connectivity index (χ3n) is 2.44. The van der Waals surface area contributed by atoms with Gasteiger partial charge in [-0.15, -0.1) is 11.6 Å². The van der Waals surface area contributed by atoms with Crippen molar-refractivity contribution in [2.24, 2.45) is 0 Å². The second kappa shape index (κ2) is 5.84. The minimum atomic E-state index is -0.148. The van der Waals surface area contributed by atoms with E-state index in [2.05, 4.69) is 5.32 Å². The fourth-order valence-corrected chi connectivity index (χ4v) is 2.42. The summed E-state index contributed by atoms with van der Waals surface area (Å²) in [6.07, 6.45) is 0. The van der Waals surface area contributed by atoms with Crippen molar-refractivity contribution in [3.05, 3.63) is 58.3 Å². The molecule has 0 aliphatic rings. The third kappa shape index (κ3) is 3.08. The Hall–Kier alpha value is -1.32. The van der Waals surface area contributed by atoms with Gasteiger partial charge in [-0.1, -0.05) is 30.3 Å². The summed E-state index contributed by atoms with van der Waals surface area (Å²) in [4.78, 5) is 11.9. The number of carbonyl (C=O) groups excluding carboxylic acids is 1. The van der Waals surface area contributed by atoms with E-state index >= 15 is 0 Å². The van der Waals surface area contributed by atoms with Gasteiger partial charge in [0.25, 0.3) is 5.91 Å². The van der Waals surface area contributed by atoms with Crippen LogP contribution in [0.2, 0.25) is 0 Å². The average molecular weight is 266 g/mol. The molecule has 1 heterocycles. The van der Waals surface area contributed by atoms with Crippen LogP contribution in [0.5, 0.6) is 0 Å². The highest BCUT2D eigenvalue weighted by molar-refractivity contribution is 7.08. The molecule has 1 aromatic carbocycles. The maximum atomic E-state index is 11.9. The van der Waals surface area contributed by atoms with Crippen LogP contribution >= 0.6 is 22.9 Å². The highest BCUT2D eigenvalue weighted by atomic mass is 35.5. The van der Waals surface area contributed by atoms with Crippen molar-refractivity contribution < 1.29 is 4.79 Å². The van der Waals surface area contributed by atoms with Gasteiger partial charge in [0.1, 0.15) is 0 Å². The molecule has 0 aliphatic heterocycles. The van der Waals surface area contributed by atoms with Gasteiger partial charge in [-0.05, 0) is 17.0 Å². The van der Waals surface area contributed by atoms with E-state index in [1.165, 1.54) is 11.3 Å². The van der Waals surface area contributed by atoms with E-state index in [9.17, 15) is 4.79 Å². The van der Waals surface area contributed by atoms with Crippen LogP contribution < -0.4 is 5.32 Å². The lowest BCUT2D eigenvalue weighted by atomic mass is 10.1. The first kappa shape index (κ1) is 12.1. The normalized spacial score (nSPS) is 12.1. The number of thiophene rings is 1. The number of benzene rings is 1. The van der Waals surface area contributed by atoms with E-state index in [0.29, 0.717) is 11.4 Å². The largest absolute Gasteiger partial charge is 0.344 e. The molecule has 0 spiro atoms. The quantitative estimate of drug-likeness (QED) is 0.843. The molecule has 2 aromatic rings. The fraction of sp³-hybridized carbons (Fsp3) is 0.154. The molecule has 0 saturated heterocycles. The third-order valence-corrected chi connectivity index (χ3v) is 3.44. The Bertz CT molecular complexity index is 469. The number of alkyl halides is 1. The Morgan fingerprint density at radius 1 is 1.29 bits per heavy atom. The molecule has 0 radical (unpaired) electrons. The van der Waals surface area contributed by atoms with E-state index < -0.39 is 0 Å². The maximum Gasteiger partial charge on any atom is 0.252 e. The summed E-state index contributed by atoms with van der Waals surface area (Å²) in [5.41, 5.74) is 1.70. The first-order valence-electron chi connectivity index (χ1n) is 5.25. The van der Waals surface area contributed by atoms with Crippen molar-refractivity contribution in [2.75, 3.05) is 5.88 Å². The lowest BCUT2D eigenvalue weighted by molar-refractivity contribution is 0.0941. The van der Waals surface area contributed by atoms with Gasteiger partial charge in [0.05, 0.1) is 11.6 Å². The van der Waals surface area contributed by atoms with Crippen molar-refractivity contribution in [1.82, 2.24) is 5.32 Å². The average Bonchev–Trinajstić information content (AvgIpc) is 2.90. The van der Waals surface area contributed by atoms with E-state index in [4.69, 9.17) is 11.6 Å². The van der Waals surface area contributed by atoms with Gasteiger partial charge in [-0.3, -0.25) is 4.79 Å². The van der Waals surface area contributed by atoms with Crippen LogP contribution in [0, 0.1) is 0 Å². The second-order valence-electron chi connectivity index (χ2n) is 3.60. The summed E-state index contributed by atoms with van der Waals surface area (Å²) in [5.74, 6) is 0.278. The van der Waals surface area contributed by atoms with E-state index in [1.54, 1.807) is 6.07 Å². The summed E-state index contributed by atoms with van der Waals surface area (Å²) in [7, 11) is 0. The maximum absolute atomic E-state index is 11.9.